The summed E-state index contributed by atoms with van der Waals surface area (Å²) in [4.78, 5) is 0. The highest BCUT2D eigenvalue weighted by Crippen LogP contribution is 2.34. The Kier molecular flexibility index (Phi) is 4.24. The Hall–Kier alpha value is -1.51. The topological polar surface area (TPSA) is 35.2 Å². The zero-order chi connectivity index (χ0) is 13.0. The Morgan fingerprint density at radius 2 is 1.83 bits per heavy atom. The van der Waals surface area contributed by atoms with E-state index in [4.69, 9.17) is 22.1 Å². The highest BCUT2D eigenvalue weighted by molar-refractivity contribution is 6.32. The van der Waals surface area contributed by atoms with Crippen molar-refractivity contribution in [2.24, 2.45) is 5.73 Å². The summed E-state index contributed by atoms with van der Waals surface area (Å²) in [5, 5.41) is 0.598. The van der Waals surface area contributed by atoms with Gasteiger partial charge in [-0.3, -0.25) is 0 Å². The van der Waals surface area contributed by atoms with E-state index in [1.165, 1.54) is 0 Å². The van der Waals surface area contributed by atoms with Gasteiger partial charge in [0.25, 0.3) is 0 Å². The molecule has 0 bridgehead atoms. The Morgan fingerprint density at radius 3 is 2.50 bits per heavy atom. The van der Waals surface area contributed by atoms with Crippen LogP contribution in [0.1, 0.15) is 24.1 Å². The van der Waals surface area contributed by atoms with E-state index in [1.54, 1.807) is 0 Å². The van der Waals surface area contributed by atoms with Gasteiger partial charge in [-0.1, -0.05) is 54.1 Å². The van der Waals surface area contributed by atoms with E-state index >= 15 is 0 Å². The van der Waals surface area contributed by atoms with Crippen molar-refractivity contribution in [2.75, 3.05) is 6.61 Å². The quantitative estimate of drug-likeness (QED) is 0.909. The lowest BCUT2D eigenvalue weighted by Gasteiger charge is -2.17. The van der Waals surface area contributed by atoms with Crippen LogP contribution in [0.3, 0.4) is 0 Å². The summed E-state index contributed by atoms with van der Waals surface area (Å²) < 4.78 is 5.60. The summed E-state index contributed by atoms with van der Waals surface area (Å²) in [6, 6.07) is 15.3. The molecule has 0 radical (unpaired) electrons. The van der Waals surface area contributed by atoms with Gasteiger partial charge < -0.3 is 10.5 Å². The van der Waals surface area contributed by atoms with Crippen LogP contribution >= 0.6 is 11.6 Å². The highest BCUT2D eigenvalue weighted by atomic mass is 35.5. The average molecular weight is 262 g/mol. The summed E-state index contributed by atoms with van der Waals surface area (Å²) in [6.45, 7) is 2.50. The third kappa shape index (κ3) is 2.66. The summed E-state index contributed by atoms with van der Waals surface area (Å²) >= 11 is 6.16. The molecule has 0 fully saturated rings. The lowest BCUT2D eigenvalue weighted by atomic mass is 9.99. The van der Waals surface area contributed by atoms with E-state index in [0.29, 0.717) is 17.4 Å². The van der Waals surface area contributed by atoms with Crippen molar-refractivity contribution in [1.82, 2.24) is 0 Å². The molecule has 1 atom stereocenters. The maximum Gasteiger partial charge on any atom is 0.142 e. The Labute approximate surface area is 112 Å². The van der Waals surface area contributed by atoms with Crippen LogP contribution in [0.15, 0.2) is 48.5 Å². The monoisotopic (exact) mass is 261 g/mol. The summed E-state index contributed by atoms with van der Waals surface area (Å²) in [5.41, 5.74) is 8.23. The van der Waals surface area contributed by atoms with Crippen LogP contribution in [0, 0.1) is 0 Å². The molecule has 2 aromatic carbocycles. The molecule has 2 aromatic rings. The van der Waals surface area contributed by atoms with E-state index in [0.717, 1.165) is 11.1 Å². The van der Waals surface area contributed by atoms with E-state index in [2.05, 4.69) is 0 Å². The maximum absolute atomic E-state index is 6.28. The molecule has 0 aromatic heterocycles. The van der Waals surface area contributed by atoms with Crippen LogP contribution in [-0.4, -0.2) is 6.61 Å². The minimum Gasteiger partial charge on any atom is -0.492 e. The van der Waals surface area contributed by atoms with Crippen molar-refractivity contribution >= 4 is 11.6 Å². The molecular weight excluding hydrogens is 246 g/mol. The van der Waals surface area contributed by atoms with Gasteiger partial charge in [0.05, 0.1) is 17.7 Å². The van der Waals surface area contributed by atoms with Crippen LogP contribution < -0.4 is 10.5 Å². The van der Waals surface area contributed by atoms with Gasteiger partial charge in [-0.25, -0.2) is 0 Å². The second-order valence-corrected chi connectivity index (χ2v) is 4.39. The first-order chi connectivity index (χ1) is 8.74. The van der Waals surface area contributed by atoms with Crippen LogP contribution in [-0.2, 0) is 0 Å². The Bertz CT molecular complexity index is 513. The van der Waals surface area contributed by atoms with Crippen molar-refractivity contribution in [2.45, 2.75) is 13.0 Å². The van der Waals surface area contributed by atoms with Crippen LogP contribution in [0.4, 0.5) is 0 Å². The first-order valence-corrected chi connectivity index (χ1v) is 6.33. The van der Waals surface area contributed by atoms with Crippen molar-refractivity contribution < 1.29 is 4.74 Å². The first-order valence-electron chi connectivity index (χ1n) is 5.95. The molecule has 18 heavy (non-hydrogen) atoms. The fraction of sp³-hybridized carbons (Fsp3) is 0.200. The van der Waals surface area contributed by atoms with Gasteiger partial charge in [-0.2, -0.15) is 0 Å². The number of hydrogen-bond acceptors (Lipinski definition) is 2. The molecule has 1 unspecified atom stereocenters. The molecule has 2 nitrogen and oxygen atoms in total. The number of nitrogens with two attached hydrogens (primary N) is 1. The SMILES string of the molecule is CCOc1c(Cl)cccc1C(N)c1ccccc1. The summed E-state index contributed by atoms with van der Waals surface area (Å²) in [6.07, 6.45) is 0. The van der Waals surface area contributed by atoms with Gasteiger partial charge in [-0.05, 0) is 18.6 Å². The summed E-state index contributed by atoms with van der Waals surface area (Å²) in [7, 11) is 0. The zero-order valence-electron chi connectivity index (χ0n) is 10.3. The number of halogens is 1. The third-order valence-corrected chi connectivity index (χ3v) is 3.08. The second-order valence-electron chi connectivity index (χ2n) is 3.98. The third-order valence-electron chi connectivity index (χ3n) is 2.78. The maximum atomic E-state index is 6.28. The van der Waals surface area contributed by atoms with Crippen molar-refractivity contribution in [1.29, 1.82) is 0 Å². The molecule has 0 spiro atoms. The highest BCUT2D eigenvalue weighted by Gasteiger charge is 2.16. The fourth-order valence-electron chi connectivity index (χ4n) is 1.91. The molecule has 0 saturated heterocycles. The minimum atomic E-state index is -0.230. The van der Waals surface area contributed by atoms with E-state index in [9.17, 15) is 0 Å². The predicted molar refractivity (Wildman–Crippen MR) is 75.1 cm³/mol. The van der Waals surface area contributed by atoms with Gasteiger partial charge in [0.1, 0.15) is 5.75 Å². The number of hydrogen-bond donors (Lipinski definition) is 1. The lowest BCUT2D eigenvalue weighted by Crippen LogP contribution is -2.13. The molecule has 0 aliphatic rings. The van der Waals surface area contributed by atoms with Gasteiger partial charge in [0.15, 0.2) is 0 Å². The summed E-state index contributed by atoms with van der Waals surface area (Å²) in [5.74, 6) is 0.679. The molecule has 0 aliphatic carbocycles. The molecule has 2 N–H and O–H groups in total. The molecule has 0 amide bonds. The average Bonchev–Trinajstić information content (AvgIpc) is 2.41. The van der Waals surface area contributed by atoms with E-state index in [1.807, 2.05) is 55.5 Å². The van der Waals surface area contributed by atoms with Crippen molar-refractivity contribution in [3.8, 4) is 5.75 Å². The van der Waals surface area contributed by atoms with Gasteiger partial charge >= 0.3 is 0 Å². The molecular formula is C15H16ClNO. The Balaban J connectivity index is 2.41. The minimum absolute atomic E-state index is 0.230. The fourth-order valence-corrected chi connectivity index (χ4v) is 2.14. The lowest BCUT2D eigenvalue weighted by molar-refractivity contribution is 0.335. The van der Waals surface area contributed by atoms with Crippen molar-refractivity contribution in [3.63, 3.8) is 0 Å². The van der Waals surface area contributed by atoms with Gasteiger partial charge in [0, 0.05) is 5.56 Å². The van der Waals surface area contributed by atoms with Gasteiger partial charge in [0.2, 0.25) is 0 Å². The molecule has 2 rings (SSSR count). The van der Waals surface area contributed by atoms with E-state index in [-0.39, 0.29) is 6.04 Å². The molecule has 0 saturated carbocycles. The number of benzene rings is 2. The van der Waals surface area contributed by atoms with Crippen LogP contribution in [0.25, 0.3) is 0 Å². The zero-order valence-corrected chi connectivity index (χ0v) is 11.0. The number of ether oxygens (including phenoxy) is 1. The first kappa shape index (κ1) is 12.9. The van der Waals surface area contributed by atoms with Gasteiger partial charge in [-0.15, -0.1) is 0 Å². The molecule has 3 heteroatoms. The number of rotatable bonds is 4. The standard InChI is InChI=1S/C15H16ClNO/c1-2-18-15-12(9-6-10-13(15)16)14(17)11-7-4-3-5-8-11/h3-10,14H,2,17H2,1H3. The van der Waals surface area contributed by atoms with E-state index < -0.39 is 0 Å². The normalized spacial score (nSPS) is 12.2. The Morgan fingerprint density at radius 1 is 1.11 bits per heavy atom. The van der Waals surface area contributed by atoms with Crippen molar-refractivity contribution in [3.05, 3.63) is 64.7 Å². The largest absolute Gasteiger partial charge is 0.492 e. The smallest absolute Gasteiger partial charge is 0.142 e. The second kappa shape index (κ2) is 5.89. The molecule has 94 valence electrons. The number of para-hydroxylation sites is 1. The van der Waals surface area contributed by atoms with Crippen LogP contribution in [0.2, 0.25) is 5.02 Å². The predicted octanol–water partition coefficient (Wildman–Crippen LogP) is 3.79. The molecule has 0 aliphatic heterocycles. The molecule has 0 heterocycles. The van der Waals surface area contributed by atoms with Crippen LogP contribution in [0.5, 0.6) is 5.75 Å².